The zero-order valence-electron chi connectivity index (χ0n) is 12.8. The molecule has 0 bridgehead atoms. The molecular weight excluding hydrogens is 280 g/mol. The minimum absolute atomic E-state index is 0.188. The number of fused-ring (bicyclic) bond motifs is 1. The van der Waals surface area contributed by atoms with Crippen molar-refractivity contribution < 1.29 is 9.53 Å². The summed E-state index contributed by atoms with van der Waals surface area (Å²) in [4.78, 5) is 21.7. The van der Waals surface area contributed by atoms with Crippen LogP contribution in [0.2, 0.25) is 0 Å². The number of para-hydroxylation sites is 2. The predicted molar refractivity (Wildman–Crippen MR) is 84.7 cm³/mol. The highest BCUT2D eigenvalue weighted by atomic mass is 16.5. The Morgan fingerprint density at radius 1 is 1.45 bits per heavy atom. The zero-order chi connectivity index (χ0) is 15.4. The molecule has 1 saturated heterocycles. The number of piperazine rings is 1. The SMILES string of the molecule is CN1CCNCC1CCOC(=O)Cc1nc2ccccc2[nH]1. The Bertz CT molecular complexity index is 607. The van der Waals surface area contributed by atoms with Gasteiger partial charge in [-0.05, 0) is 25.6 Å². The molecule has 0 saturated carbocycles. The Kier molecular flexibility index (Phi) is 4.70. The third kappa shape index (κ3) is 3.64. The maximum Gasteiger partial charge on any atom is 0.313 e. The lowest BCUT2D eigenvalue weighted by Crippen LogP contribution is -2.49. The normalized spacial score (nSPS) is 19.4. The number of benzene rings is 1. The number of hydrogen-bond donors (Lipinski definition) is 2. The average Bonchev–Trinajstić information content (AvgIpc) is 2.91. The summed E-state index contributed by atoms with van der Waals surface area (Å²) in [6.45, 7) is 3.48. The van der Waals surface area contributed by atoms with Gasteiger partial charge in [-0.15, -0.1) is 0 Å². The molecule has 6 nitrogen and oxygen atoms in total. The molecule has 2 aromatic rings. The van der Waals surface area contributed by atoms with Gasteiger partial charge in [-0.3, -0.25) is 4.79 Å². The fraction of sp³-hybridized carbons (Fsp3) is 0.500. The van der Waals surface area contributed by atoms with Gasteiger partial charge in [0.15, 0.2) is 0 Å². The molecule has 2 N–H and O–H groups in total. The van der Waals surface area contributed by atoms with Crippen LogP contribution in [0.5, 0.6) is 0 Å². The summed E-state index contributed by atoms with van der Waals surface area (Å²) in [6, 6.07) is 8.18. The molecule has 3 rings (SSSR count). The van der Waals surface area contributed by atoms with Gasteiger partial charge in [-0.2, -0.15) is 0 Å². The first-order valence-electron chi connectivity index (χ1n) is 7.72. The summed E-state index contributed by atoms with van der Waals surface area (Å²) >= 11 is 0. The average molecular weight is 302 g/mol. The standard InChI is InChI=1S/C16H22N4O2/c1-20-8-7-17-11-12(20)6-9-22-16(21)10-15-18-13-4-2-3-5-14(13)19-15/h2-5,12,17H,6-11H2,1H3,(H,18,19). The fourth-order valence-electron chi connectivity index (χ4n) is 2.77. The van der Waals surface area contributed by atoms with E-state index in [2.05, 4.69) is 27.2 Å². The van der Waals surface area contributed by atoms with Crippen molar-refractivity contribution in [3.63, 3.8) is 0 Å². The van der Waals surface area contributed by atoms with Gasteiger partial charge in [-0.1, -0.05) is 12.1 Å². The lowest BCUT2D eigenvalue weighted by Gasteiger charge is -2.32. The first kappa shape index (κ1) is 15.0. The number of likely N-dealkylation sites (N-methyl/N-ethyl adjacent to an activating group) is 1. The minimum Gasteiger partial charge on any atom is -0.465 e. The molecule has 0 amide bonds. The maximum absolute atomic E-state index is 11.9. The molecule has 0 spiro atoms. The number of H-pyrrole nitrogens is 1. The lowest BCUT2D eigenvalue weighted by atomic mass is 10.1. The summed E-state index contributed by atoms with van der Waals surface area (Å²) in [5.74, 6) is 0.424. The van der Waals surface area contributed by atoms with E-state index < -0.39 is 0 Å². The van der Waals surface area contributed by atoms with E-state index in [4.69, 9.17) is 4.74 Å². The van der Waals surface area contributed by atoms with Crippen LogP contribution in [0.4, 0.5) is 0 Å². The Labute approximate surface area is 129 Å². The molecule has 1 aliphatic rings. The van der Waals surface area contributed by atoms with Gasteiger partial charge in [0, 0.05) is 25.7 Å². The van der Waals surface area contributed by atoms with Crippen molar-refractivity contribution >= 4 is 17.0 Å². The van der Waals surface area contributed by atoms with Crippen LogP contribution in [-0.2, 0) is 16.0 Å². The van der Waals surface area contributed by atoms with E-state index in [0.29, 0.717) is 18.5 Å². The number of imidazole rings is 1. The zero-order valence-corrected chi connectivity index (χ0v) is 12.8. The molecule has 0 aliphatic carbocycles. The van der Waals surface area contributed by atoms with Crippen LogP contribution in [0.1, 0.15) is 12.2 Å². The molecule has 0 radical (unpaired) electrons. The molecule has 2 heterocycles. The van der Waals surface area contributed by atoms with Crippen molar-refractivity contribution in [2.24, 2.45) is 0 Å². The topological polar surface area (TPSA) is 70.2 Å². The minimum atomic E-state index is -0.231. The maximum atomic E-state index is 11.9. The van der Waals surface area contributed by atoms with Crippen molar-refractivity contribution in [1.29, 1.82) is 0 Å². The highest BCUT2D eigenvalue weighted by molar-refractivity contribution is 5.77. The largest absolute Gasteiger partial charge is 0.465 e. The molecule has 1 aromatic carbocycles. The molecule has 118 valence electrons. The number of carbonyl (C=O) groups is 1. The van der Waals surface area contributed by atoms with E-state index in [1.807, 2.05) is 24.3 Å². The molecule has 1 fully saturated rings. The van der Waals surface area contributed by atoms with Crippen molar-refractivity contribution in [3.8, 4) is 0 Å². The van der Waals surface area contributed by atoms with Crippen molar-refractivity contribution in [2.75, 3.05) is 33.3 Å². The second kappa shape index (κ2) is 6.89. The van der Waals surface area contributed by atoms with Crippen LogP contribution in [0, 0.1) is 0 Å². The van der Waals surface area contributed by atoms with Gasteiger partial charge in [0.2, 0.25) is 0 Å². The van der Waals surface area contributed by atoms with Crippen molar-refractivity contribution in [3.05, 3.63) is 30.1 Å². The van der Waals surface area contributed by atoms with Gasteiger partial charge >= 0.3 is 5.97 Å². The number of ether oxygens (including phenoxy) is 1. The number of nitrogens with one attached hydrogen (secondary N) is 2. The summed E-state index contributed by atoms with van der Waals surface area (Å²) in [5.41, 5.74) is 1.82. The fourth-order valence-corrected chi connectivity index (χ4v) is 2.77. The summed E-state index contributed by atoms with van der Waals surface area (Å²) in [6.07, 6.45) is 1.04. The van der Waals surface area contributed by atoms with E-state index in [1.54, 1.807) is 0 Å². The first-order chi connectivity index (χ1) is 10.7. The van der Waals surface area contributed by atoms with E-state index in [-0.39, 0.29) is 12.4 Å². The molecule has 1 aromatic heterocycles. The van der Waals surface area contributed by atoms with Gasteiger partial charge in [-0.25, -0.2) is 4.98 Å². The molecule has 1 unspecified atom stereocenters. The summed E-state index contributed by atoms with van der Waals surface area (Å²) < 4.78 is 5.34. The third-order valence-electron chi connectivity index (χ3n) is 4.11. The Morgan fingerprint density at radius 2 is 2.32 bits per heavy atom. The molecule has 6 heteroatoms. The number of carbonyl (C=O) groups excluding carboxylic acids is 1. The van der Waals surface area contributed by atoms with Crippen LogP contribution >= 0.6 is 0 Å². The summed E-state index contributed by atoms with van der Waals surface area (Å²) in [5, 5.41) is 3.36. The van der Waals surface area contributed by atoms with Gasteiger partial charge in [0.1, 0.15) is 12.2 Å². The first-order valence-corrected chi connectivity index (χ1v) is 7.72. The van der Waals surface area contributed by atoms with E-state index in [9.17, 15) is 4.79 Å². The van der Waals surface area contributed by atoms with Crippen LogP contribution in [-0.4, -0.2) is 60.2 Å². The second-order valence-corrected chi connectivity index (χ2v) is 5.73. The van der Waals surface area contributed by atoms with Gasteiger partial charge in [0.25, 0.3) is 0 Å². The molecule has 1 aliphatic heterocycles. The number of aromatic nitrogens is 2. The Balaban J connectivity index is 1.46. The number of rotatable bonds is 5. The highest BCUT2D eigenvalue weighted by Gasteiger charge is 2.18. The quantitative estimate of drug-likeness (QED) is 0.805. The lowest BCUT2D eigenvalue weighted by molar-refractivity contribution is -0.143. The van der Waals surface area contributed by atoms with Gasteiger partial charge < -0.3 is 19.9 Å². The number of aromatic amines is 1. The number of esters is 1. The van der Waals surface area contributed by atoms with E-state index in [1.165, 1.54) is 0 Å². The summed E-state index contributed by atoms with van der Waals surface area (Å²) in [7, 11) is 2.11. The third-order valence-corrected chi connectivity index (χ3v) is 4.11. The predicted octanol–water partition coefficient (Wildman–Crippen LogP) is 0.942. The smallest absolute Gasteiger partial charge is 0.313 e. The highest BCUT2D eigenvalue weighted by Crippen LogP contribution is 2.11. The number of hydrogen-bond acceptors (Lipinski definition) is 5. The van der Waals surface area contributed by atoms with Gasteiger partial charge in [0.05, 0.1) is 17.6 Å². The number of nitrogens with zero attached hydrogens (tertiary/aromatic N) is 2. The van der Waals surface area contributed by atoms with Crippen LogP contribution in [0.25, 0.3) is 11.0 Å². The van der Waals surface area contributed by atoms with E-state index >= 15 is 0 Å². The molecular formula is C16H22N4O2. The van der Waals surface area contributed by atoms with Crippen molar-refractivity contribution in [1.82, 2.24) is 20.2 Å². The Morgan fingerprint density at radius 3 is 3.14 bits per heavy atom. The van der Waals surface area contributed by atoms with E-state index in [0.717, 1.165) is 37.1 Å². The monoisotopic (exact) mass is 302 g/mol. The van der Waals surface area contributed by atoms with Crippen LogP contribution < -0.4 is 5.32 Å². The Hall–Kier alpha value is -1.92. The second-order valence-electron chi connectivity index (χ2n) is 5.73. The van der Waals surface area contributed by atoms with Crippen LogP contribution in [0.3, 0.4) is 0 Å². The van der Waals surface area contributed by atoms with Crippen LogP contribution in [0.15, 0.2) is 24.3 Å². The molecule has 1 atom stereocenters. The molecule has 22 heavy (non-hydrogen) atoms. The van der Waals surface area contributed by atoms with Crippen molar-refractivity contribution in [2.45, 2.75) is 18.9 Å².